The lowest BCUT2D eigenvalue weighted by Crippen LogP contribution is -2.39. The average Bonchev–Trinajstić information content (AvgIpc) is 2.53. The van der Waals surface area contributed by atoms with Crippen molar-refractivity contribution in [3.63, 3.8) is 0 Å². The number of rotatable bonds is 5. The van der Waals surface area contributed by atoms with Gasteiger partial charge >= 0.3 is 0 Å². The summed E-state index contributed by atoms with van der Waals surface area (Å²) in [5, 5.41) is 6.13. The molecule has 1 aromatic carbocycles. The summed E-state index contributed by atoms with van der Waals surface area (Å²) in [6.45, 7) is 8.15. The third kappa shape index (κ3) is 3.97. The van der Waals surface area contributed by atoms with E-state index in [1.807, 2.05) is 0 Å². The first kappa shape index (κ1) is 15.8. The smallest absolute Gasteiger partial charge is 0.222 e. The largest absolute Gasteiger partial charge is 0.371 e. The number of aryl methyl sites for hydroxylation is 1. The van der Waals surface area contributed by atoms with Crippen molar-refractivity contribution in [1.82, 2.24) is 10.6 Å². The number of amides is 1. The molecule has 0 saturated carbocycles. The molecule has 0 radical (unpaired) electrons. The van der Waals surface area contributed by atoms with Crippen LogP contribution in [-0.2, 0) is 11.3 Å². The fourth-order valence-electron chi connectivity index (χ4n) is 2.94. The van der Waals surface area contributed by atoms with Gasteiger partial charge in [-0.3, -0.25) is 4.79 Å². The van der Waals surface area contributed by atoms with Gasteiger partial charge in [-0.15, -0.1) is 0 Å². The molecular formula is C17H27N3O. The fraction of sp³-hybridized carbons (Fsp3) is 0.588. The molecule has 116 valence electrons. The first-order valence-electron chi connectivity index (χ1n) is 7.92. The molecule has 1 amide bonds. The Balaban J connectivity index is 1.97. The van der Waals surface area contributed by atoms with Gasteiger partial charge in [0.25, 0.3) is 0 Å². The molecule has 1 aromatic rings. The topological polar surface area (TPSA) is 44.4 Å². The Morgan fingerprint density at radius 1 is 1.33 bits per heavy atom. The molecule has 1 heterocycles. The van der Waals surface area contributed by atoms with Gasteiger partial charge in [0.15, 0.2) is 0 Å². The van der Waals surface area contributed by atoms with Gasteiger partial charge in [-0.05, 0) is 49.6 Å². The number of hydrogen-bond donors (Lipinski definition) is 2. The normalized spacial score (nSPS) is 16.0. The molecule has 1 saturated heterocycles. The lowest BCUT2D eigenvalue weighted by Gasteiger charge is -2.33. The van der Waals surface area contributed by atoms with E-state index in [1.54, 1.807) is 7.05 Å². The highest BCUT2D eigenvalue weighted by molar-refractivity contribution is 5.78. The monoisotopic (exact) mass is 289 g/mol. The first-order valence-corrected chi connectivity index (χ1v) is 7.92. The van der Waals surface area contributed by atoms with E-state index in [2.05, 4.69) is 47.6 Å². The standard InChI is InChI=1S/C17H27N3O/c1-4-19-12-15-5-6-16(11-13(15)2)20-9-7-14(8-10-20)17(21)18-3/h5-6,11,14,19H,4,7-10,12H2,1-3H3,(H,18,21). The molecule has 2 N–H and O–H groups in total. The number of hydrogen-bond acceptors (Lipinski definition) is 3. The summed E-state index contributed by atoms with van der Waals surface area (Å²) in [6.07, 6.45) is 1.88. The van der Waals surface area contributed by atoms with Crippen molar-refractivity contribution in [3.8, 4) is 0 Å². The number of nitrogens with zero attached hydrogens (tertiary/aromatic N) is 1. The average molecular weight is 289 g/mol. The van der Waals surface area contributed by atoms with E-state index >= 15 is 0 Å². The number of carbonyl (C=O) groups is 1. The number of nitrogens with one attached hydrogen (secondary N) is 2. The Morgan fingerprint density at radius 3 is 2.62 bits per heavy atom. The van der Waals surface area contributed by atoms with Crippen molar-refractivity contribution in [3.05, 3.63) is 29.3 Å². The zero-order valence-electron chi connectivity index (χ0n) is 13.4. The van der Waals surface area contributed by atoms with Gasteiger partial charge in [0.2, 0.25) is 5.91 Å². The Bertz CT molecular complexity index is 479. The lowest BCUT2D eigenvalue weighted by molar-refractivity contribution is -0.125. The minimum Gasteiger partial charge on any atom is -0.371 e. The predicted octanol–water partition coefficient (Wildman–Crippen LogP) is 2.07. The second-order valence-electron chi connectivity index (χ2n) is 5.77. The van der Waals surface area contributed by atoms with E-state index in [-0.39, 0.29) is 11.8 Å². The van der Waals surface area contributed by atoms with Crippen molar-refractivity contribution < 1.29 is 4.79 Å². The highest BCUT2D eigenvalue weighted by atomic mass is 16.1. The summed E-state index contributed by atoms with van der Waals surface area (Å²) >= 11 is 0. The maximum atomic E-state index is 11.7. The molecule has 1 fully saturated rings. The van der Waals surface area contributed by atoms with Gasteiger partial charge in [-0.25, -0.2) is 0 Å². The van der Waals surface area contributed by atoms with Gasteiger partial charge in [0, 0.05) is 38.3 Å². The number of carbonyl (C=O) groups excluding carboxylic acids is 1. The van der Waals surface area contributed by atoms with Gasteiger partial charge < -0.3 is 15.5 Å². The summed E-state index contributed by atoms with van der Waals surface area (Å²) in [4.78, 5) is 14.1. The van der Waals surface area contributed by atoms with Crippen LogP contribution in [-0.4, -0.2) is 32.6 Å². The zero-order chi connectivity index (χ0) is 15.2. The van der Waals surface area contributed by atoms with E-state index in [0.717, 1.165) is 39.0 Å². The molecule has 4 heteroatoms. The van der Waals surface area contributed by atoms with Crippen LogP contribution < -0.4 is 15.5 Å². The van der Waals surface area contributed by atoms with Crippen LogP contribution >= 0.6 is 0 Å². The lowest BCUT2D eigenvalue weighted by atomic mass is 9.95. The fourth-order valence-corrected chi connectivity index (χ4v) is 2.94. The van der Waals surface area contributed by atoms with Crippen molar-refractivity contribution in [1.29, 1.82) is 0 Å². The van der Waals surface area contributed by atoms with Crippen LogP contribution in [0, 0.1) is 12.8 Å². The maximum Gasteiger partial charge on any atom is 0.222 e. The summed E-state index contributed by atoms with van der Waals surface area (Å²) in [6, 6.07) is 6.70. The van der Waals surface area contributed by atoms with Crippen molar-refractivity contribution in [2.75, 3.05) is 31.6 Å². The molecule has 2 rings (SSSR count). The summed E-state index contributed by atoms with van der Waals surface area (Å²) in [5.41, 5.74) is 3.98. The molecule has 1 aliphatic heterocycles. The number of piperidine rings is 1. The van der Waals surface area contributed by atoms with E-state index in [9.17, 15) is 4.79 Å². The van der Waals surface area contributed by atoms with E-state index in [1.165, 1.54) is 16.8 Å². The second-order valence-corrected chi connectivity index (χ2v) is 5.77. The Hall–Kier alpha value is -1.55. The van der Waals surface area contributed by atoms with Crippen LogP contribution in [0.25, 0.3) is 0 Å². The highest BCUT2D eigenvalue weighted by Gasteiger charge is 2.24. The summed E-state index contributed by atoms with van der Waals surface area (Å²) < 4.78 is 0. The van der Waals surface area contributed by atoms with Gasteiger partial charge in [0.05, 0.1) is 0 Å². The van der Waals surface area contributed by atoms with Crippen LogP contribution in [0.1, 0.15) is 30.9 Å². The van der Waals surface area contributed by atoms with Crippen LogP contribution in [0.2, 0.25) is 0 Å². The van der Waals surface area contributed by atoms with Gasteiger partial charge in [0.1, 0.15) is 0 Å². The maximum absolute atomic E-state index is 11.7. The molecule has 0 spiro atoms. The molecule has 21 heavy (non-hydrogen) atoms. The molecule has 0 bridgehead atoms. The second kappa shape index (κ2) is 7.46. The van der Waals surface area contributed by atoms with Crippen molar-refractivity contribution >= 4 is 11.6 Å². The Morgan fingerprint density at radius 2 is 2.05 bits per heavy atom. The van der Waals surface area contributed by atoms with E-state index < -0.39 is 0 Å². The quantitative estimate of drug-likeness (QED) is 0.872. The Labute approximate surface area is 127 Å². The Kier molecular flexibility index (Phi) is 5.62. The van der Waals surface area contributed by atoms with E-state index in [4.69, 9.17) is 0 Å². The highest BCUT2D eigenvalue weighted by Crippen LogP contribution is 2.25. The van der Waals surface area contributed by atoms with Crippen LogP contribution in [0.4, 0.5) is 5.69 Å². The number of anilines is 1. The summed E-state index contributed by atoms with van der Waals surface area (Å²) in [5.74, 6) is 0.368. The third-order valence-electron chi connectivity index (χ3n) is 4.37. The van der Waals surface area contributed by atoms with Crippen molar-refractivity contribution in [2.24, 2.45) is 5.92 Å². The predicted molar refractivity (Wildman–Crippen MR) is 87.6 cm³/mol. The van der Waals surface area contributed by atoms with Gasteiger partial charge in [-0.2, -0.15) is 0 Å². The molecule has 4 nitrogen and oxygen atoms in total. The first-order chi connectivity index (χ1) is 10.2. The van der Waals surface area contributed by atoms with Gasteiger partial charge in [-0.1, -0.05) is 13.0 Å². The van der Waals surface area contributed by atoms with Crippen LogP contribution in [0.3, 0.4) is 0 Å². The van der Waals surface area contributed by atoms with Crippen LogP contribution in [0.5, 0.6) is 0 Å². The molecular weight excluding hydrogens is 262 g/mol. The van der Waals surface area contributed by atoms with Crippen LogP contribution in [0.15, 0.2) is 18.2 Å². The zero-order valence-corrected chi connectivity index (χ0v) is 13.4. The summed E-state index contributed by atoms with van der Waals surface area (Å²) in [7, 11) is 1.72. The molecule has 0 aliphatic carbocycles. The minimum absolute atomic E-state index is 0.181. The number of benzene rings is 1. The third-order valence-corrected chi connectivity index (χ3v) is 4.37. The molecule has 0 atom stereocenters. The minimum atomic E-state index is 0.181. The molecule has 0 unspecified atom stereocenters. The molecule has 0 aromatic heterocycles. The SMILES string of the molecule is CCNCc1ccc(N2CCC(C(=O)NC)CC2)cc1C. The van der Waals surface area contributed by atoms with Crippen molar-refractivity contribution in [2.45, 2.75) is 33.2 Å². The van der Waals surface area contributed by atoms with E-state index in [0.29, 0.717) is 0 Å². The molecule has 1 aliphatic rings.